The van der Waals surface area contributed by atoms with Crippen molar-refractivity contribution in [1.82, 2.24) is 36.0 Å². The molecule has 0 bridgehead atoms. The summed E-state index contributed by atoms with van der Waals surface area (Å²) in [4.78, 5) is 145. The summed E-state index contributed by atoms with van der Waals surface area (Å²) in [6.45, 7) is 0.614. The van der Waals surface area contributed by atoms with E-state index < -0.39 is 90.5 Å². The van der Waals surface area contributed by atoms with Crippen molar-refractivity contribution in [3.8, 4) is 0 Å². The molecule has 4 aliphatic heterocycles. The van der Waals surface area contributed by atoms with Gasteiger partial charge in [0.1, 0.15) is 24.2 Å². The number of halogens is 2. The number of nitrogens with one attached hydrogen (secondary N) is 5. The van der Waals surface area contributed by atoms with Crippen LogP contribution in [0.2, 0.25) is 0 Å². The van der Waals surface area contributed by atoms with Crippen LogP contribution >= 0.6 is 18.9 Å². The Bertz CT molecular complexity index is 3330. The molecule has 1 aromatic heterocycles. The standard InChI is InChI=1S/C58H64F2N9O12PS/c59-58(60,82(79,80)81)37-19-24-46-36(30-37)31-47(83-46)55(76)64-43-33-67(50(72)18-9-1-2-10-28-62-41-17-11-16-39-40(41)32-68(56(39)77)44-23-26-49(71)65-53(44)74)29-27-38-20-22-45(69(38)57(43)78)54(75)63-42(21-25-48(61)70)52(73)66-51(34-12-5-3-6-13-34)35-14-7-4-8-15-35/h3-8,11-17,19,24,30-31,38,42-45,51,62H,1-2,9-10,18,20-23,25-29,32-33H2,(H2,61,70)(H,63,75)(H,64,76)(H,66,73)(H,65,71,74)(H2,79,80,81)/t38-,42?,43+,44?,45+/m1/s1. The number of alkyl halides is 2. The van der Waals surface area contributed by atoms with Gasteiger partial charge in [-0.1, -0.05) is 85.6 Å². The zero-order chi connectivity index (χ0) is 59.2. The van der Waals surface area contributed by atoms with Crippen LogP contribution in [0.15, 0.2) is 103 Å². The number of nitrogens with zero attached hydrogens (tertiary/aromatic N) is 3. The number of carbonyl (C=O) groups is 9. The van der Waals surface area contributed by atoms with E-state index in [2.05, 4.69) is 26.6 Å². The van der Waals surface area contributed by atoms with E-state index in [0.717, 1.165) is 52.3 Å². The quantitative estimate of drug-likeness (QED) is 0.0248. The lowest BCUT2D eigenvalue weighted by atomic mass is 9.98. The van der Waals surface area contributed by atoms with E-state index in [-0.39, 0.29) is 92.6 Å². The summed E-state index contributed by atoms with van der Waals surface area (Å²) < 4.78 is 41.5. The number of carbonyl (C=O) groups excluding carboxylic acids is 9. The number of nitrogens with two attached hydrogens (primary N) is 1. The molecule has 2 unspecified atom stereocenters. The fourth-order valence-corrected chi connectivity index (χ4v) is 12.7. The van der Waals surface area contributed by atoms with Crippen LogP contribution in [0.3, 0.4) is 0 Å². The molecule has 0 radical (unpaired) electrons. The third-order valence-electron chi connectivity index (χ3n) is 15.7. The van der Waals surface area contributed by atoms with E-state index in [4.69, 9.17) is 5.73 Å². The van der Waals surface area contributed by atoms with Gasteiger partial charge in [-0.15, -0.1) is 11.3 Å². The fraction of sp³-hybridized carbons (Fsp3) is 0.397. The molecule has 4 aromatic carbocycles. The second-order valence-electron chi connectivity index (χ2n) is 21.2. The minimum absolute atomic E-state index is 0.0434. The number of anilines is 1. The predicted molar refractivity (Wildman–Crippen MR) is 301 cm³/mol. The van der Waals surface area contributed by atoms with Crippen LogP contribution in [-0.2, 0) is 50.3 Å². The third-order valence-corrected chi connectivity index (χ3v) is 17.8. The zero-order valence-corrected chi connectivity index (χ0v) is 46.8. The van der Waals surface area contributed by atoms with Crippen molar-refractivity contribution in [2.24, 2.45) is 5.73 Å². The lowest BCUT2D eigenvalue weighted by molar-refractivity contribution is -0.145. The lowest BCUT2D eigenvalue weighted by Crippen LogP contribution is -2.62. The zero-order valence-electron chi connectivity index (χ0n) is 45.1. The summed E-state index contributed by atoms with van der Waals surface area (Å²) in [5.41, 5.74) is 3.57. The normalized spacial score (nSPS) is 19.6. The summed E-state index contributed by atoms with van der Waals surface area (Å²) >= 11 is 0.875. The molecule has 0 spiro atoms. The highest BCUT2D eigenvalue weighted by Crippen LogP contribution is 2.59. The molecular weight excluding hydrogens is 1120 g/mol. The number of benzene rings is 4. The van der Waals surface area contributed by atoms with Crippen LogP contribution < -0.4 is 32.3 Å². The van der Waals surface area contributed by atoms with Gasteiger partial charge in [0.25, 0.3) is 11.8 Å². The Labute approximate surface area is 480 Å². The van der Waals surface area contributed by atoms with Gasteiger partial charge in [-0.05, 0) is 91.8 Å². The van der Waals surface area contributed by atoms with E-state index >= 15 is 4.79 Å². The van der Waals surface area contributed by atoms with Crippen LogP contribution in [0.1, 0.15) is 125 Å². The SMILES string of the molecule is NC(=O)CCC(NC(=O)[C@@H]1CC[C@@H]2CCN(C(=O)CCCCCCNc3cccc4c3CN(C3CCC(=O)NC3=O)C4=O)C[C@H](NC(=O)c3cc4cc(C(F)(F)P(=O)(O)O)ccc4s3)C(=O)N21)C(=O)NC(c1ccccc1)c1ccccc1. The number of rotatable bonds is 22. The summed E-state index contributed by atoms with van der Waals surface area (Å²) in [6.07, 6.45) is 3.41. The number of amides is 9. The van der Waals surface area contributed by atoms with E-state index in [9.17, 15) is 61.5 Å². The predicted octanol–water partition coefficient (Wildman–Crippen LogP) is 5.30. The minimum atomic E-state index is -5.92. The Hall–Kier alpha value is -7.92. The molecule has 9 rings (SSSR count). The first-order valence-corrected chi connectivity index (χ1v) is 30.0. The van der Waals surface area contributed by atoms with Crippen molar-refractivity contribution in [3.63, 3.8) is 0 Å². The molecule has 3 saturated heterocycles. The van der Waals surface area contributed by atoms with Crippen molar-refractivity contribution in [3.05, 3.63) is 136 Å². The highest BCUT2D eigenvalue weighted by molar-refractivity contribution is 7.52. The van der Waals surface area contributed by atoms with Gasteiger partial charge in [-0.2, -0.15) is 8.78 Å². The van der Waals surface area contributed by atoms with Gasteiger partial charge in [0, 0.05) is 78.6 Å². The van der Waals surface area contributed by atoms with Gasteiger partial charge in [-0.3, -0.25) is 53.0 Å². The Kier molecular flexibility index (Phi) is 18.5. The minimum Gasteiger partial charge on any atom is -0.385 e. The molecule has 83 heavy (non-hydrogen) atoms. The van der Waals surface area contributed by atoms with Gasteiger partial charge in [-0.25, -0.2) is 0 Å². The van der Waals surface area contributed by atoms with Crippen LogP contribution in [0.25, 0.3) is 10.1 Å². The molecule has 5 heterocycles. The second-order valence-corrected chi connectivity index (χ2v) is 24.0. The van der Waals surface area contributed by atoms with Crippen molar-refractivity contribution in [2.75, 3.05) is 25.0 Å². The number of hydrogen-bond donors (Lipinski definition) is 8. The maximum Gasteiger partial charge on any atom is 0.399 e. The third kappa shape index (κ3) is 13.6. The van der Waals surface area contributed by atoms with E-state index in [1.54, 1.807) is 12.1 Å². The number of hydrogen-bond acceptors (Lipinski definition) is 12. The van der Waals surface area contributed by atoms with Gasteiger partial charge in [0.2, 0.25) is 41.4 Å². The van der Waals surface area contributed by atoms with Crippen LogP contribution in [0, 0.1) is 0 Å². The van der Waals surface area contributed by atoms with Gasteiger partial charge >= 0.3 is 13.3 Å². The van der Waals surface area contributed by atoms with Crippen LogP contribution in [0.4, 0.5) is 14.5 Å². The smallest absolute Gasteiger partial charge is 0.385 e. The number of fused-ring (bicyclic) bond motifs is 3. The topological polar surface area (TPSA) is 307 Å². The molecule has 5 aromatic rings. The average Bonchev–Trinajstić information content (AvgIpc) is 4.43. The largest absolute Gasteiger partial charge is 0.399 e. The van der Waals surface area contributed by atoms with Gasteiger partial charge < -0.3 is 51.5 Å². The van der Waals surface area contributed by atoms with E-state index in [0.29, 0.717) is 42.5 Å². The lowest BCUT2D eigenvalue weighted by Gasteiger charge is -2.39. The number of piperidine rings is 1. The molecule has 0 aliphatic carbocycles. The molecule has 438 valence electrons. The number of primary amides is 1. The van der Waals surface area contributed by atoms with Crippen molar-refractivity contribution in [2.45, 2.75) is 126 Å². The molecule has 4 aliphatic rings. The summed E-state index contributed by atoms with van der Waals surface area (Å²) in [5.74, 6) is -4.95. The summed E-state index contributed by atoms with van der Waals surface area (Å²) in [5, 5.41) is 14.3. The average molecular weight is 1180 g/mol. The fourth-order valence-electron chi connectivity index (χ4n) is 11.3. The Morgan fingerprint density at radius 2 is 1.53 bits per heavy atom. The molecular formula is C58H64F2N9O12PS. The van der Waals surface area contributed by atoms with Crippen molar-refractivity contribution in [1.29, 1.82) is 0 Å². The number of thiophene rings is 1. The van der Waals surface area contributed by atoms with Gasteiger partial charge in [0.15, 0.2) is 0 Å². The van der Waals surface area contributed by atoms with E-state index in [1.165, 1.54) is 26.8 Å². The maximum atomic E-state index is 15.0. The Morgan fingerprint density at radius 1 is 0.819 bits per heavy atom. The molecule has 25 heteroatoms. The van der Waals surface area contributed by atoms with Gasteiger partial charge in [0.05, 0.1) is 10.9 Å². The Balaban J connectivity index is 0.871. The maximum absolute atomic E-state index is 15.0. The molecule has 9 N–H and O–H groups in total. The van der Waals surface area contributed by atoms with Crippen LogP contribution in [-0.4, -0.2) is 127 Å². The Morgan fingerprint density at radius 3 is 2.22 bits per heavy atom. The van der Waals surface area contributed by atoms with Crippen LogP contribution in [0.5, 0.6) is 0 Å². The summed E-state index contributed by atoms with van der Waals surface area (Å²) in [7, 11) is -5.92. The molecule has 21 nitrogen and oxygen atoms in total. The molecule has 3 fully saturated rings. The highest BCUT2D eigenvalue weighted by Gasteiger charge is 2.51. The summed E-state index contributed by atoms with van der Waals surface area (Å²) in [6, 6.07) is 22.0. The van der Waals surface area contributed by atoms with Crippen molar-refractivity contribution >= 4 is 87.9 Å². The number of unbranched alkanes of at least 4 members (excludes halogenated alkanes) is 3. The highest BCUT2D eigenvalue weighted by atomic mass is 32.1. The molecule has 9 amide bonds. The second kappa shape index (κ2) is 25.7. The monoisotopic (exact) mass is 1180 g/mol. The van der Waals surface area contributed by atoms with E-state index in [1.807, 2.05) is 66.7 Å². The first-order chi connectivity index (χ1) is 39.7. The first-order valence-electron chi connectivity index (χ1n) is 27.6. The van der Waals surface area contributed by atoms with Crippen molar-refractivity contribution < 1.29 is 66.3 Å². The molecule has 0 saturated carbocycles. The first kappa shape index (κ1) is 59.7. The molecule has 5 atom stereocenters. The number of imide groups is 1.